The maximum Gasteiger partial charge on any atom is 0.257 e. The van der Waals surface area contributed by atoms with Crippen LogP contribution in [0.2, 0.25) is 0 Å². The van der Waals surface area contributed by atoms with Crippen molar-refractivity contribution in [2.45, 2.75) is 0 Å². The largest absolute Gasteiger partial charge is 0.321 e. The van der Waals surface area contributed by atoms with Crippen LogP contribution in [0.5, 0.6) is 0 Å². The Kier molecular flexibility index (Phi) is 3.81. The Morgan fingerprint density at radius 1 is 0.958 bits per heavy atom. The molecule has 3 nitrogen and oxygen atoms in total. The summed E-state index contributed by atoms with van der Waals surface area (Å²) in [6, 6.07) is 17.6. The second-order valence-corrected chi connectivity index (χ2v) is 6.30. The lowest BCUT2D eigenvalue weighted by Gasteiger charge is -2.08. The average molecular weight is 330 g/mol. The van der Waals surface area contributed by atoms with Gasteiger partial charge in [0.25, 0.3) is 5.56 Å². The Bertz CT molecular complexity index is 1060. The summed E-state index contributed by atoms with van der Waals surface area (Å²) >= 11 is 1.57. The van der Waals surface area contributed by atoms with Crippen LogP contribution in [0.4, 0.5) is 0 Å². The van der Waals surface area contributed by atoms with Crippen molar-refractivity contribution in [1.29, 1.82) is 0 Å². The maximum absolute atomic E-state index is 12.7. The van der Waals surface area contributed by atoms with Crippen LogP contribution in [0.1, 0.15) is 11.3 Å². The molecular formula is C20H14N2OS. The maximum atomic E-state index is 12.7. The molecule has 4 rings (SSSR count). The molecule has 0 atom stereocenters. The van der Waals surface area contributed by atoms with E-state index in [0.717, 1.165) is 27.0 Å². The fourth-order valence-electron chi connectivity index (χ4n) is 2.75. The highest BCUT2D eigenvalue weighted by Gasteiger charge is 2.13. The molecule has 0 fully saturated rings. The molecule has 0 saturated heterocycles. The van der Waals surface area contributed by atoms with Crippen LogP contribution < -0.4 is 5.56 Å². The number of nitrogens with zero attached hydrogens (tertiary/aromatic N) is 1. The molecule has 0 spiro atoms. The van der Waals surface area contributed by atoms with Gasteiger partial charge in [0.2, 0.25) is 0 Å². The topological polar surface area (TPSA) is 45.8 Å². The average Bonchev–Trinajstić information content (AvgIpc) is 3.14. The van der Waals surface area contributed by atoms with Gasteiger partial charge in [-0.25, -0.2) is 0 Å². The molecule has 3 aromatic heterocycles. The third-order valence-electron chi connectivity index (χ3n) is 3.84. The molecule has 116 valence electrons. The fourth-order valence-corrected chi connectivity index (χ4v) is 3.53. The minimum absolute atomic E-state index is 0.0724. The van der Waals surface area contributed by atoms with Crippen molar-refractivity contribution >= 4 is 34.4 Å². The Labute approximate surface area is 143 Å². The number of aromatic nitrogens is 2. The van der Waals surface area contributed by atoms with E-state index in [1.807, 2.05) is 72.1 Å². The van der Waals surface area contributed by atoms with Crippen molar-refractivity contribution in [3.8, 4) is 10.4 Å². The number of benzene rings is 1. The SMILES string of the molecule is O=c1[nH]c2ccccc2c(/C=C/c2ccccn2)c1-c1cccs1. The van der Waals surface area contributed by atoms with Gasteiger partial charge in [-0.05, 0) is 41.3 Å². The van der Waals surface area contributed by atoms with Crippen LogP contribution in [0.25, 0.3) is 33.5 Å². The highest BCUT2D eigenvalue weighted by Crippen LogP contribution is 2.30. The first-order valence-corrected chi connectivity index (χ1v) is 8.49. The molecule has 0 bridgehead atoms. The molecule has 4 aromatic rings. The van der Waals surface area contributed by atoms with Crippen LogP contribution in [0.15, 0.2) is 71.0 Å². The molecule has 4 heteroatoms. The van der Waals surface area contributed by atoms with E-state index >= 15 is 0 Å². The van der Waals surface area contributed by atoms with Gasteiger partial charge >= 0.3 is 0 Å². The van der Waals surface area contributed by atoms with Gasteiger partial charge in [-0.1, -0.05) is 36.4 Å². The minimum atomic E-state index is -0.0724. The predicted molar refractivity (Wildman–Crippen MR) is 101 cm³/mol. The fraction of sp³-hybridized carbons (Fsp3) is 0. The summed E-state index contributed by atoms with van der Waals surface area (Å²) in [6.45, 7) is 0. The Morgan fingerprint density at radius 3 is 2.62 bits per heavy atom. The summed E-state index contributed by atoms with van der Waals surface area (Å²) in [5, 5.41) is 3.00. The number of rotatable bonds is 3. The van der Waals surface area contributed by atoms with Gasteiger partial charge in [0.05, 0.1) is 11.3 Å². The molecule has 0 aliphatic heterocycles. The lowest BCUT2D eigenvalue weighted by atomic mass is 10.0. The van der Waals surface area contributed by atoms with E-state index in [2.05, 4.69) is 9.97 Å². The second-order valence-electron chi connectivity index (χ2n) is 5.35. The predicted octanol–water partition coefficient (Wildman–Crippen LogP) is 4.82. The number of pyridine rings is 2. The summed E-state index contributed by atoms with van der Waals surface area (Å²) < 4.78 is 0. The number of nitrogens with one attached hydrogen (secondary N) is 1. The van der Waals surface area contributed by atoms with E-state index in [-0.39, 0.29) is 5.56 Å². The third-order valence-corrected chi connectivity index (χ3v) is 4.73. The molecule has 1 aromatic carbocycles. The summed E-state index contributed by atoms with van der Waals surface area (Å²) in [5.74, 6) is 0. The molecule has 3 heterocycles. The first kappa shape index (κ1) is 14.6. The number of para-hydroxylation sites is 1. The third kappa shape index (κ3) is 2.68. The number of thiophene rings is 1. The lowest BCUT2D eigenvalue weighted by Crippen LogP contribution is -2.10. The number of fused-ring (bicyclic) bond motifs is 1. The summed E-state index contributed by atoms with van der Waals surface area (Å²) in [4.78, 5) is 20.9. The molecule has 1 N–H and O–H groups in total. The quantitative estimate of drug-likeness (QED) is 0.585. The molecular weight excluding hydrogens is 316 g/mol. The summed E-state index contributed by atoms with van der Waals surface area (Å²) in [6.07, 6.45) is 5.68. The van der Waals surface area contributed by atoms with Crippen molar-refractivity contribution in [3.63, 3.8) is 0 Å². The zero-order chi connectivity index (χ0) is 16.4. The summed E-state index contributed by atoms with van der Waals surface area (Å²) in [5.41, 5.74) is 3.25. The number of hydrogen-bond acceptors (Lipinski definition) is 3. The minimum Gasteiger partial charge on any atom is -0.321 e. The van der Waals surface area contributed by atoms with Crippen molar-refractivity contribution in [2.75, 3.05) is 0 Å². The molecule has 0 unspecified atom stereocenters. The van der Waals surface area contributed by atoms with Crippen LogP contribution >= 0.6 is 11.3 Å². The van der Waals surface area contributed by atoms with E-state index in [1.165, 1.54) is 0 Å². The van der Waals surface area contributed by atoms with Gasteiger partial charge in [0.1, 0.15) is 0 Å². The molecule has 24 heavy (non-hydrogen) atoms. The highest BCUT2D eigenvalue weighted by atomic mass is 32.1. The van der Waals surface area contributed by atoms with Gasteiger partial charge in [-0.15, -0.1) is 11.3 Å². The number of H-pyrrole nitrogens is 1. The summed E-state index contributed by atoms with van der Waals surface area (Å²) in [7, 11) is 0. The molecule has 0 amide bonds. The van der Waals surface area contributed by atoms with Crippen LogP contribution in [0.3, 0.4) is 0 Å². The van der Waals surface area contributed by atoms with Gasteiger partial charge in [-0.2, -0.15) is 0 Å². The number of hydrogen-bond donors (Lipinski definition) is 1. The van der Waals surface area contributed by atoms with E-state index in [0.29, 0.717) is 5.56 Å². The van der Waals surface area contributed by atoms with E-state index in [9.17, 15) is 4.79 Å². The van der Waals surface area contributed by atoms with Crippen LogP contribution in [-0.2, 0) is 0 Å². The first-order valence-electron chi connectivity index (χ1n) is 7.61. The van der Waals surface area contributed by atoms with Crippen LogP contribution in [-0.4, -0.2) is 9.97 Å². The second kappa shape index (κ2) is 6.26. The smallest absolute Gasteiger partial charge is 0.257 e. The standard InChI is InChI=1S/C20H14N2OS/c23-20-19(18-9-5-13-24-18)16(11-10-14-6-3-4-12-21-14)15-7-1-2-8-17(15)22-20/h1-13H,(H,22,23)/b11-10+. The van der Waals surface area contributed by atoms with Gasteiger partial charge < -0.3 is 4.98 Å². The van der Waals surface area contributed by atoms with Crippen molar-refractivity contribution in [1.82, 2.24) is 9.97 Å². The molecule has 0 radical (unpaired) electrons. The Hall–Kier alpha value is -2.98. The molecule has 0 saturated carbocycles. The Balaban J connectivity index is 1.99. The van der Waals surface area contributed by atoms with Crippen molar-refractivity contribution < 1.29 is 0 Å². The van der Waals surface area contributed by atoms with Crippen LogP contribution in [0, 0.1) is 0 Å². The molecule has 0 aliphatic rings. The van der Waals surface area contributed by atoms with Crippen molar-refractivity contribution in [2.24, 2.45) is 0 Å². The normalized spacial score (nSPS) is 11.3. The zero-order valence-electron chi connectivity index (χ0n) is 12.8. The lowest BCUT2D eigenvalue weighted by molar-refractivity contribution is 1.29. The zero-order valence-corrected chi connectivity index (χ0v) is 13.6. The Morgan fingerprint density at radius 2 is 1.83 bits per heavy atom. The first-order chi connectivity index (χ1) is 11.8. The molecule has 0 aliphatic carbocycles. The monoisotopic (exact) mass is 330 g/mol. The van der Waals surface area contributed by atoms with E-state index in [4.69, 9.17) is 0 Å². The van der Waals surface area contributed by atoms with Gasteiger partial charge in [0, 0.05) is 22.0 Å². The van der Waals surface area contributed by atoms with E-state index < -0.39 is 0 Å². The highest BCUT2D eigenvalue weighted by molar-refractivity contribution is 7.13. The van der Waals surface area contributed by atoms with Gasteiger partial charge in [-0.3, -0.25) is 9.78 Å². The van der Waals surface area contributed by atoms with Crippen molar-refractivity contribution in [3.05, 3.63) is 87.8 Å². The number of aromatic amines is 1. The van der Waals surface area contributed by atoms with E-state index in [1.54, 1.807) is 17.5 Å². The van der Waals surface area contributed by atoms with Gasteiger partial charge in [0.15, 0.2) is 0 Å².